The van der Waals surface area contributed by atoms with Crippen molar-refractivity contribution in [2.24, 2.45) is 0 Å². The molecule has 0 N–H and O–H groups in total. The summed E-state index contributed by atoms with van der Waals surface area (Å²) in [4.78, 5) is 14.0. The molecular weight excluding hydrogens is 464 g/mol. The number of thioether (sulfide) groups is 1. The predicted octanol–water partition coefficient (Wildman–Crippen LogP) is 7.24. The van der Waals surface area contributed by atoms with Crippen LogP contribution in [0.5, 0.6) is 5.75 Å². The lowest BCUT2D eigenvalue weighted by Gasteiger charge is -2.16. The number of nitrogens with zero attached hydrogens (tertiary/aromatic N) is 1. The standard InChI is InChI=1S/C29H21F2NO2S/c1-34-28-16-24(20-8-5-9-22(30)14-20)25(31)17-27(28)32-26-12-11-23(15-21(26)10-13-29(32)33)35-18-19-6-3-2-4-7-19/h2-17H,18H2,1H3. The van der Waals surface area contributed by atoms with Crippen LogP contribution in [0.4, 0.5) is 8.78 Å². The van der Waals surface area contributed by atoms with Gasteiger partial charge < -0.3 is 4.74 Å². The van der Waals surface area contributed by atoms with Crippen molar-refractivity contribution in [3.05, 3.63) is 125 Å². The van der Waals surface area contributed by atoms with Crippen LogP contribution in [-0.4, -0.2) is 11.7 Å². The lowest BCUT2D eigenvalue weighted by molar-refractivity contribution is 0.412. The summed E-state index contributed by atoms with van der Waals surface area (Å²) in [5, 5.41) is 0.847. The molecule has 0 aliphatic carbocycles. The zero-order chi connectivity index (χ0) is 24.4. The molecule has 3 nitrogen and oxygen atoms in total. The maximum atomic E-state index is 15.2. The number of fused-ring (bicyclic) bond motifs is 1. The minimum atomic E-state index is -0.578. The molecule has 174 valence electrons. The maximum absolute atomic E-state index is 15.2. The van der Waals surface area contributed by atoms with Crippen LogP contribution in [0.25, 0.3) is 27.7 Å². The monoisotopic (exact) mass is 485 g/mol. The first-order valence-electron chi connectivity index (χ1n) is 11.0. The quantitative estimate of drug-likeness (QED) is 0.238. The van der Waals surface area contributed by atoms with Crippen molar-refractivity contribution in [3.8, 4) is 22.6 Å². The molecule has 0 unspecified atom stereocenters. The molecule has 0 aliphatic rings. The summed E-state index contributed by atoms with van der Waals surface area (Å²) in [6.07, 6.45) is 0. The fourth-order valence-electron chi connectivity index (χ4n) is 4.06. The van der Waals surface area contributed by atoms with Crippen LogP contribution in [0, 0.1) is 11.6 Å². The van der Waals surface area contributed by atoms with Crippen molar-refractivity contribution in [3.63, 3.8) is 0 Å². The molecule has 4 aromatic carbocycles. The first kappa shape index (κ1) is 22.9. The van der Waals surface area contributed by atoms with Crippen LogP contribution in [0.2, 0.25) is 0 Å². The van der Waals surface area contributed by atoms with Gasteiger partial charge in [-0.15, -0.1) is 11.8 Å². The summed E-state index contributed by atoms with van der Waals surface area (Å²) in [6, 6.07) is 27.7. The molecule has 0 spiro atoms. The van der Waals surface area contributed by atoms with E-state index in [1.165, 1.54) is 53.6 Å². The van der Waals surface area contributed by atoms with Crippen LogP contribution in [-0.2, 0) is 5.75 Å². The van der Waals surface area contributed by atoms with Gasteiger partial charge in [-0.3, -0.25) is 9.36 Å². The molecule has 0 bridgehead atoms. The smallest absolute Gasteiger partial charge is 0.255 e. The van der Waals surface area contributed by atoms with Crippen LogP contribution < -0.4 is 10.3 Å². The second kappa shape index (κ2) is 9.76. The highest BCUT2D eigenvalue weighted by molar-refractivity contribution is 7.98. The van der Waals surface area contributed by atoms with E-state index < -0.39 is 11.6 Å². The fraction of sp³-hybridized carbons (Fsp3) is 0.0690. The van der Waals surface area contributed by atoms with Gasteiger partial charge in [0.2, 0.25) is 0 Å². The number of rotatable bonds is 6. The van der Waals surface area contributed by atoms with E-state index in [0.29, 0.717) is 16.8 Å². The Bertz CT molecular complexity index is 1580. The van der Waals surface area contributed by atoms with Gasteiger partial charge in [0.05, 0.1) is 18.3 Å². The van der Waals surface area contributed by atoms with Gasteiger partial charge in [-0.2, -0.15) is 0 Å². The Morgan fingerprint density at radius 3 is 2.46 bits per heavy atom. The fourth-order valence-corrected chi connectivity index (χ4v) is 4.96. The highest BCUT2D eigenvalue weighted by Gasteiger charge is 2.17. The normalized spacial score (nSPS) is 11.1. The van der Waals surface area contributed by atoms with Gasteiger partial charge in [-0.1, -0.05) is 42.5 Å². The van der Waals surface area contributed by atoms with E-state index >= 15 is 4.39 Å². The molecule has 5 rings (SSSR count). The Hall–Kier alpha value is -3.90. The van der Waals surface area contributed by atoms with Gasteiger partial charge in [0.15, 0.2) is 0 Å². The number of hydrogen-bond acceptors (Lipinski definition) is 3. The number of aromatic nitrogens is 1. The molecule has 0 atom stereocenters. The molecule has 5 aromatic rings. The van der Waals surface area contributed by atoms with Crippen molar-refractivity contribution in [1.29, 1.82) is 0 Å². The topological polar surface area (TPSA) is 31.2 Å². The van der Waals surface area contributed by atoms with Gasteiger partial charge in [-0.25, -0.2) is 8.78 Å². The minimum absolute atomic E-state index is 0.193. The highest BCUT2D eigenvalue weighted by atomic mass is 32.2. The number of benzene rings is 4. The van der Waals surface area contributed by atoms with Crippen LogP contribution in [0.15, 0.2) is 107 Å². The summed E-state index contributed by atoms with van der Waals surface area (Å²) in [5.74, 6) is 0.0938. The Balaban J connectivity index is 1.57. The van der Waals surface area contributed by atoms with Gasteiger partial charge in [0.1, 0.15) is 17.4 Å². The number of halogens is 2. The first-order valence-corrected chi connectivity index (χ1v) is 12.0. The molecule has 0 saturated heterocycles. The summed E-state index contributed by atoms with van der Waals surface area (Å²) >= 11 is 1.70. The molecule has 1 heterocycles. The average molecular weight is 486 g/mol. The zero-order valence-corrected chi connectivity index (χ0v) is 19.7. The third-order valence-electron chi connectivity index (χ3n) is 5.76. The largest absolute Gasteiger partial charge is 0.495 e. The Kier molecular flexibility index (Phi) is 6.38. The van der Waals surface area contributed by atoms with Crippen molar-refractivity contribution in [2.45, 2.75) is 10.6 Å². The van der Waals surface area contributed by atoms with E-state index in [9.17, 15) is 9.18 Å². The molecule has 0 saturated carbocycles. The third-order valence-corrected chi connectivity index (χ3v) is 6.82. The third kappa shape index (κ3) is 4.70. The van der Waals surface area contributed by atoms with E-state index in [2.05, 4.69) is 12.1 Å². The summed E-state index contributed by atoms with van der Waals surface area (Å²) in [7, 11) is 1.46. The Morgan fingerprint density at radius 2 is 1.69 bits per heavy atom. The summed E-state index contributed by atoms with van der Waals surface area (Å²) in [6.45, 7) is 0. The lowest BCUT2D eigenvalue weighted by atomic mass is 10.0. The van der Waals surface area contributed by atoms with Gasteiger partial charge in [0, 0.05) is 28.3 Å². The minimum Gasteiger partial charge on any atom is -0.495 e. The van der Waals surface area contributed by atoms with E-state index in [-0.39, 0.29) is 16.8 Å². The zero-order valence-electron chi connectivity index (χ0n) is 18.9. The number of methoxy groups -OCH3 is 1. The van der Waals surface area contributed by atoms with Crippen molar-refractivity contribution < 1.29 is 13.5 Å². The molecule has 0 aliphatic heterocycles. The van der Waals surface area contributed by atoms with Crippen molar-refractivity contribution in [2.75, 3.05) is 7.11 Å². The molecular formula is C29H21F2NO2S. The summed E-state index contributed by atoms with van der Waals surface area (Å²) < 4.78 is 35.9. The first-order chi connectivity index (χ1) is 17.0. The van der Waals surface area contributed by atoms with Crippen LogP contribution in [0.1, 0.15) is 5.56 Å². The number of pyridine rings is 1. The van der Waals surface area contributed by atoms with E-state index in [1.807, 2.05) is 36.4 Å². The second-order valence-electron chi connectivity index (χ2n) is 8.02. The molecule has 0 amide bonds. The van der Waals surface area contributed by atoms with E-state index in [4.69, 9.17) is 4.74 Å². The number of hydrogen-bond donors (Lipinski definition) is 0. The molecule has 35 heavy (non-hydrogen) atoms. The molecule has 1 aromatic heterocycles. The van der Waals surface area contributed by atoms with Crippen LogP contribution >= 0.6 is 11.8 Å². The Labute approximate surface area is 205 Å². The second-order valence-corrected chi connectivity index (χ2v) is 9.06. The lowest BCUT2D eigenvalue weighted by Crippen LogP contribution is -2.18. The Morgan fingerprint density at radius 1 is 0.857 bits per heavy atom. The number of ether oxygens (including phenoxy) is 1. The molecule has 0 fully saturated rings. The van der Waals surface area contributed by atoms with Gasteiger partial charge in [-0.05, 0) is 59.0 Å². The molecule has 0 radical (unpaired) electrons. The van der Waals surface area contributed by atoms with Gasteiger partial charge in [0.25, 0.3) is 5.56 Å². The molecule has 6 heteroatoms. The van der Waals surface area contributed by atoms with E-state index in [0.717, 1.165) is 16.0 Å². The maximum Gasteiger partial charge on any atom is 0.255 e. The predicted molar refractivity (Wildman–Crippen MR) is 137 cm³/mol. The van der Waals surface area contributed by atoms with Gasteiger partial charge >= 0.3 is 0 Å². The van der Waals surface area contributed by atoms with Crippen molar-refractivity contribution >= 4 is 22.7 Å². The summed E-state index contributed by atoms with van der Waals surface area (Å²) in [5.41, 5.74) is 2.42. The van der Waals surface area contributed by atoms with Crippen molar-refractivity contribution in [1.82, 2.24) is 4.57 Å². The van der Waals surface area contributed by atoms with Crippen LogP contribution in [0.3, 0.4) is 0 Å². The van der Waals surface area contributed by atoms with E-state index in [1.54, 1.807) is 23.9 Å². The highest BCUT2D eigenvalue weighted by Crippen LogP contribution is 2.34. The SMILES string of the molecule is COc1cc(-c2cccc(F)c2)c(F)cc1-n1c(=O)ccc2cc(SCc3ccccc3)ccc21. The average Bonchev–Trinajstić information content (AvgIpc) is 2.88.